The maximum Gasteiger partial charge on any atom is 0.244 e. The summed E-state index contributed by atoms with van der Waals surface area (Å²) in [6, 6.07) is 17.6. The van der Waals surface area contributed by atoms with Gasteiger partial charge in [0, 0.05) is 26.3 Å². The minimum Gasteiger partial charge on any atom is -0.325 e. The van der Waals surface area contributed by atoms with Gasteiger partial charge in [0.15, 0.2) is 0 Å². The number of sulfonamides is 2. The number of nitrogens with one attached hydrogen (secondary N) is 1. The summed E-state index contributed by atoms with van der Waals surface area (Å²) in [5.74, 6) is -0.563. The minimum absolute atomic E-state index is 0.0304. The number of hydrogen-bond donors (Lipinski definition) is 1. The second kappa shape index (κ2) is 11.8. The summed E-state index contributed by atoms with van der Waals surface area (Å²) in [6.45, 7) is 6.83. The zero-order valence-corrected chi connectivity index (χ0v) is 24.3. The second-order valence-electron chi connectivity index (χ2n) is 9.61. The molecule has 3 aromatic carbocycles. The summed E-state index contributed by atoms with van der Waals surface area (Å²) < 4.78 is 55.2. The van der Waals surface area contributed by atoms with Crippen LogP contribution in [0.15, 0.2) is 70.5 Å². The molecule has 1 N–H and O–H groups in total. The molecule has 0 aliphatic rings. The van der Waals surface area contributed by atoms with Crippen LogP contribution in [0.1, 0.15) is 27.8 Å². The Bertz CT molecular complexity index is 1510. The van der Waals surface area contributed by atoms with Gasteiger partial charge < -0.3 is 5.32 Å². The van der Waals surface area contributed by atoms with Crippen molar-refractivity contribution in [2.75, 3.05) is 32.5 Å². The standard InChI is InChI=1S/C28H35N3O5S2/c1-20-16-22(3)28(23(4)17-20)38(35,36)31(15-14-24-10-8-7-9-11-24)19-27(32)29-26-18-25(13-12-21(26)2)37(33,34)30(5)6/h7-13,16-18H,14-15,19H2,1-6H3,(H,29,32). The molecule has 0 aromatic heterocycles. The molecule has 0 saturated heterocycles. The Morgan fingerprint density at radius 3 is 1.97 bits per heavy atom. The lowest BCUT2D eigenvalue weighted by atomic mass is 10.1. The number of hydrogen-bond acceptors (Lipinski definition) is 5. The van der Waals surface area contributed by atoms with Gasteiger partial charge in [-0.1, -0.05) is 54.1 Å². The predicted octanol–water partition coefficient (Wildman–Crippen LogP) is 4.04. The maximum absolute atomic E-state index is 13.9. The van der Waals surface area contributed by atoms with E-state index < -0.39 is 32.5 Å². The summed E-state index contributed by atoms with van der Waals surface area (Å²) >= 11 is 0. The van der Waals surface area contributed by atoms with E-state index in [1.807, 2.05) is 49.4 Å². The predicted molar refractivity (Wildman–Crippen MR) is 150 cm³/mol. The average molecular weight is 558 g/mol. The van der Waals surface area contributed by atoms with Crippen molar-refractivity contribution in [1.29, 1.82) is 0 Å². The molecule has 3 rings (SSSR count). The zero-order chi connectivity index (χ0) is 28.3. The van der Waals surface area contributed by atoms with Gasteiger partial charge in [-0.2, -0.15) is 4.31 Å². The first-order chi connectivity index (χ1) is 17.7. The van der Waals surface area contributed by atoms with Gasteiger partial charge in [0.05, 0.1) is 16.3 Å². The Hall–Kier alpha value is -3.05. The molecule has 10 heteroatoms. The third-order valence-electron chi connectivity index (χ3n) is 6.28. The van der Waals surface area contributed by atoms with E-state index in [9.17, 15) is 21.6 Å². The Kier molecular flexibility index (Phi) is 9.14. The van der Waals surface area contributed by atoms with Crippen LogP contribution in [0.3, 0.4) is 0 Å². The third kappa shape index (κ3) is 6.68. The van der Waals surface area contributed by atoms with Crippen molar-refractivity contribution >= 4 is 31.6 Å². The monoisotopic (exact) mass is 557 g/mol. The Morgan fingerprint density at radius 1 is 0.789 bits per heavy atom. The van der Waals surface area contributed by atoms with Crippen LogP contribution in [0.25, 0.3) is 0 Å². The molecule has 38 heavy (non-hydrogen) atoms. The number of aryl methyl sites for hydroxylation is 4. The number of nitrogens with zero attached hydrogens (tertiary/aromatic N) is 2. The van der Waals surface area contributed by atoms with Gasteiger partial charge in [-0.05, 0) is 68.5 Å². The van der Waals surface area contributed by atoms with Crippen LogP contribution in [0, 0.1) is 27.7 Å². The normalized spacial score (nSPS) is 12.2. The fraction of sp³-hybridized carbons (Fsp3) is 0.321. The van der Waals surface area contributed by atoms with E-state index in [0.29, 0.717) is 28.8 Å². The molecule has 0 spiro atoms. The molecule has 0 saturated carbocycles. The Morgan fingerprint density at radius 2 is 1.39 bits per heavy atom. The molecule has 0 atom stereocenters. The van der Waals surface area contributed by atoms with Crippen LogP contribution in [0.5, 0.6) is 0 Å². The van der Waals surface area contributed by atoms with E-state index >= 15 is 0 Å². The van der Waals surface area contributed by atoms with Crippen LogP contribution in [0.4, 0.5) is 5.69 Å². The highest BCUT2D eigenvalue weighted by Crippen LogP contribution is 2.26. The first-order valence-electron chi connectivity index (χ1n) is 12.2. The van der Waals surface area contributed by atoms with Crippen molar-refractivity contribution in [3.05, 3.63) is 88.5 Å². The van der Waals surface area contributed by atoms with Gasteiger partial charge in [0.2, 0.25) is 26.0 Å². The molecule has 1 amide bonds. The molecule has 0 radical (unpaired) electrons. The first-order valence-corrected chi connectivity index (χ1v) is 15.1. The molecule has 0 heterocycles. The number of carbonyl (C=O) groups excluding carboxylic acids is 1. The number of benzene rings is 3. The topological polar surface area (TPSA) is 104 Å². The molecule has 0 unspecified atom stereocenters. The summed E-state index contributed by atoms with van der Waals surface area (Å²) in [5.41, 5.74) is 4.09. The highest BCUT2D eigenvalue weighted by atomic mass is 32.2. The van der Waals surface area contributed by atoms with Crippen molar-refractivity contribution in [1.82, 2.24) is 8.61 Å². The first kappa shape index (κ1) is 29.5. The quantitative estimate of drug-likeness (QED) is 0.405. The fourth-order valence-electron chi connectivity index (χ4n) is 4.34. The number of amides is 1. The minimum atomic E-state index is -4.02. The number of carbonyl (C=O) groups is 1. The van der Waals surface area contributed by atoms with Crippen LogP contribution >= 0.6 is 0 Å². The molecule has 0 aliphatic heterocycles. The number of anilines is 1. The molecule has 0 aliphatic carbocycles. The lowest BCUT2D eigenvalue weighted by Crippen LogP contribution is -2.40. The van der Waals surface area contributed by atoms with Crippen LogP contribution < -0.4 is 5.32 Å². The largest absolute Gasteiger partial charge is 0.325 e. The maximum atomic E-state index is 13.9. The lowest BCUT2D eigenvalue weighted by Gasteiger charge is -2.24. The molecule has 0 fully saturated rings. The highest BCUT2D eigenvalue weighted by Gasteiger charge is 2.30. The third-order valence-corrected chi connectivity index (χ3v) is 10.2. The summed E-state index contributed by atoms with van der Waals surface area (Å²) in [7, 11) is -4.87. The Balaban J connectivity index is 1.94. The van der Waals surface area contributed by atoms with Gasteiger partial charge in [0.1, 0.15) is 0 Å². The number of rotatable bonds is 10. The highest BCUT2D eigenvalue weighted by molar-refractivity contribution is 7.89. The zero-order valence-electron chi connectivity index (χ0n) is 22.6. The van der Waals surface area contributed by atoms with Crippen molar-refractivity contribution in [2.24, 2.45) is 0 Å². The second-order valence-corrected chi connectivity index (χ2v) is 13.6. The van der Waals surface area contributed by atoms with E-state index in [4.69, 9.17) is 0 Å². The molecular formula is C28H35N3O5S2. The van der Waals surface area contributed by atoms with Crippen molar-refractivity contribution in [3.63, 3.8) is 0 Å². The van der Waals surface area contributed by atoms with Gasteiger partial charge in [-0.25, -0.2) is 21.1 Å². The van der Waals surface area contributed by atoms with Crippen molar-refractivity contribution < 1.29 is 21.6 Å². The van der Waals surface area contributed by atoms with E-state index in [1.54, 1.807) is 26.8 Å². The molecule has 8 nitrogen and oxygen atoms in total. The van der Waals surface area contributed by atoms with Gasteiger partial charge in [-0.15, -0.1) is 0 Å². The summed E-state index contributed by atoms with van der Waals surface area (Å²) in [6.07, 6.45) is 0.424. The van der Waals surface area contributed by atoms with Gasteiger partial charge in [0.25, 0.3) is 0 Å². The Labute approximate surface area is 226 Å². The van der Waals surface area contributed by atoms with Crippen LogP contribution in [-0.2, 0) is 31.3 Å². The van der Waals surface area contributed by atoms with Crippen molar-refractivity contribution in [3.8, 4) is 0 Å². The van der Waals surface area contributed by atoms with Gasteiger partial charge >= 0.3 is 0 Å². The fourth-order valence-corrected chi connectivity index (χ4v) is 7.08. The SMILES string of the molecule is Cc1cc(C)c(S(=O)(=O)N(CCc2ccccc2)CC(=O)Nc2cc(S(=O)(=O)N(C)C)ccc2C)c(C)c1. The van der Waals surface area contributed by atoms with Gasteiger partial charge in [-0.3, -0.25) is 4.79 Å². The average Bonchev–Trinajstić information content (AvgIpc) is 2.82. The smallest absolute Gasteiger partial charge is 0.244 e. The van der Waals surface area contributed by atoms with E-state index in [2.05, 4.69) is 5.32 Å². The molecular weight excluding hydrogens is 522 g/mol. The molecule has 3 aromatic rings. The van der Waals surface area contributed by atoms with E-state index in [-0.39, 0.29) is 16.3 Å². The van der Waals surface area contributed by atoms with Crippen LogP contribution in [0.2, 0.25) is 0 Å². The summed E-state index contributed by atoms with van der Waals surface area (Å²) in [5, 5.41) is 2.72. The summed E-state index contributed by atoms with van der Waals surface area (Å²) in [4.78, 5) is 13.4. The lowest BCUT2D eigenvalue weighted by molar-refractivity contribution is -0.116. The van der Waals surface area contributed by atoms with Crippen molar-refractivity contribution in [2.45, 2.75) is 43.9 Å². The van der Waals surface area contributed by atoms with Crippen LogP contribution in [-0.4, -0.2) is 58.5 Å². The molecule has 0 bridgehead atoms. The molecule has 204 valence electrons. The van der Waals surface area contributed by atoms with E-state index in [1.165, 1.54) is 30.5 Å². The van der Waals surface area contributed by atoms with E-state index in [0.717, 1.165) is 15.4 Å².